The molecule has 1 fully saturated rings. The van der Waals surface area contributed by atoms with Crippen LogP contribution in [-0.4, -0.2) is 22.2 Å². The molecule has 2 aromatic carbocycles. The van der Waals surface area contributed by atoms with Crippen molar-refractivity contribution >= 4 is 11.4 Å². The Morgan fingerprint density at radius 3 is 2.38 bits per heavy atom. The summed E-state index contributed by atoms with van der Waals surface area (Å²) in [7, 11) is 0. The van der Waals surface area contributed by atoms with Gasteiger partial charge in [-0.2, -0.15) is 0 Å². The molecule has 1 heterocycles. The average molecular weight is 358 g/mol. The van der Waals surface area contributed by atoms with Crippen molar-refractivity contribution in [3.05, 3.63) is 69.8 Å². The molecular weight excluding hydrogens is 336 g/mol. The molecule has 1 aliphatic rings. The Bertz CT molecular complexity index is 773. The summed E-state index contributed by atoms with van der Waals surface area (Å²) < 4.78 is 11.6. The van der Waals surface area contributed by atoms with Crippen molar-refractivity contribution in [1.82, 2.24) is 0 Å². The molecule has 0 amide bonds. The molecule has 1 aliphatic heterocycles. The molecule has 2 N–H and O–H groups in total. The molecule has 138 valence electrons. The van der Waals surface area contributed by atoms with Gasteiger partial charge in [0.15, 0.2) is 12.6 Å². The summed E-state index contributed by atoms with van der Waals surface area (Å²) in [6, 6.07) is 14.3. The summed E-state index contributed by atoms with van der Waals surface area (Å²) in [5.74, 6) is 0. The highest BCUT2D eigenvalue weighted by Gasteiger charge is 2.34. The van der Waals surface area contributed by atoms with E-state index in [1.54, 1.807) is 12.1 Å². The predicted octanol–water partition coefficient (Wildman–Crippen LogP) is 3.91. The van der Waals surface area contributed by atoms with Crippen molar-refractivity contribution in [3.63, 3.8) is 0 Å². The van der Waals surface area contributed by atoms with Crippen LogP contribution in [0.4, 0.5) is 11.4 Å². The first-order valence-electron chi connectivity index (χ1n) is 8.43. The summed E-state index contributed by atoms with van der Waals surface area (Å²) in [6.07, 6.45) is -0.540. The monoisotopic (exact) mass is 358 g/mol. The number of hydrogen-bond acceptors (Lipinski definition) is 6. The van der Waals surface area contributed by atoms with Crippen LogP contribution in [-0.2, 0) is 9.47 Å². The van der Waals surface area contributed by atoms with E-state index in [0.717, 1.165) is 5.56 Å². The molecule has 0 unspecified atom stereocenters. The zero-order valence-corrected chi connectivity index (χ0v) is 14.7. The number of rotatable bonds is 7. The Morgan fingerprint density at radius 2 is 1.77 bits per heavy atom. The van der Waals surface area contributed by atoms with Crippen LogP contribution in [0, 0.1) is 10.1 Å². The van der Waals surface area contributed by atoms with Crippen LogP contribution in [0.25, 0.3) is 0 Å². The van der Waals surface area contributed by atoms with Crippen LogP contribution >= 0.6 is 0 Å². The van der Waals surface area contributed by atoms with E-state index in [1.807, 2.05) is 44.2 Å². The van der Waals surface area contributed by atoms with E-state index in [1.165, 1.54) is 6.07 Å². The molecule has 0 radical (unpaired) electrons. The molecule has 0 saturated carbocycles. The Hall–Kier alpha value is -2.48. The minimum absolute atomic E-state index is 0.0128. The molecule has 7 heteroatoms. The van der Waals surface area contributed by atoms with Gasteiger partial charge in [0.1, 0.15) is 5.69 Å². The van der Waals surface area contributed by atoms with Crippen LogP contribution in [0.1, 0.15) is 44.0 Å². The van der Waals surface area contributed by atoms with Crippen molar-refractivity contribution in [3.8, 4) is 0 Å². The minimum atomic E-state index is -0.567. The lowest BCUT2D eigenvalue weighted by molar-refractivity contribution is -0.397. The summed E-state index contributed by atoms with van der Waals surface area (Å²) in [5.41, 5.74) is 1.48. The second kappa shape index (κ2) is 7.41. The van der Waals surface area contributed by atoms with Gasteiger partial charge in [0.05, 0.1) is 4.92 Å². The number of nitrogens with one attached hydrogen (secondary N) is 1. The maximum Gasteiger partial charge on any atom is 0.292 e. The zero-order valence-electron chi connectivity index (χ0n) is 14.7. The van der Waals surface area contributed by atoms with Crippen molar-refractivity contribution in [1.29, 1.82) is 0 Å². The first kappa shape index (κ1) is 18.3. The minimum Gasteiger partial charge on any atom is -0.396 e. The lowest BCUT2D eigenvalue weighted by Crippen LogP contribution is -2.32. The SMILES string of the molecule is CC(C)(CCO)Nc1cc(C2OC(c3ccccc3)O2)ccc1[N+](=O)[O-]. The smallest absolute Gasteiger partial charge is 0.292 e. The third-order valence-corrected chi connectivity index (χ3v) is 4.27. The fraction of sp³-hybridized carbons (Fsp3) is 0.368. The lowest BCUT2D eigenvalue weighted by atomic mass is 10.00. The van der Waals surface area contributed by atoms with Crippen LogP contribution in [0.3, 0.4) is 0 Å². The van der Waals surface area contributed by atoms with E-state index >= 15 is 0 Å². The molecule has 0 spiro atoms. The first-order valence-corrected chi connectivity index (χ1v) is 8.43. The molecule has 1 saturated heterocycles. The first-order chi connectivity index (χ1) is 12.4. The van der Waals surface area contributed by atoms with E-state index in [-0.39, 0.29) is 12.3 Å². The van der Waals surface area contributed by atoms with E-state index < -0.39 is 23.0 Å². The lowest BCUT2D eigenvalue weighted by Gasteiger charge is -2.36. The summed E-state index contributed by atoms with van der Waals surface area (Å²) in [5, 5.41) is 23.6. The molecule has 0 atom stereocenters. The fourth-order valence-corrected chi connectivity index (χ4v) is 2.83. The Morgan fingerprint density at radius 1 is 1.12 bits per heavy atom. The van der Waals surface area contributed by atoms with Gasteiger partial charge in [-0.15, -0.1) is 0 Å². The van der Waals surface area contributed by atoms with Gasteiger partial charge in [0.25, 0.3) is 5.69 Å². The van der Waals surface area contributed by atoms with E-state index in [4.69, 9.17) is 9.47 Å². The van der Waals surface area contributed by atoms with Gasteiger partial charge in [0.2, 0.25) is 0 Å². The normalized spacial score (nSPS) is 19.7. The fourth-order valence-electron chi connectivity index (χ4n) is 2.83. The third kappa shape index (κ3) is 4.01. The van der Waals surface area contributed by atoms with Crippen LogP contribution in [0.15, 0.2) is 48.5 Å². The number of nitrogens with zero attached hydrogens (tertiary/aromatic N) is 1. The highest BCUT2D eigenvalue weighted by atomic mass is 16.9. The molecular formula is C19H22N2O5. The number of anilines is 1. The largest absolute Gasteiger partial charge is 0.396 e. The topological polar surface area (TPSA) is 93.9 Å². The average Bonchev–Trinajstić information content (AvgIpc) is 2.54. The van der Waals surface area contributed by atoms with Crippen molar-refractivity contribution in [2.24, 2.45) is 0 Å². The molecule has 2 aromatic rings. The van der Waals surface area contributed by atoms with Crippen LogP contribution in [0.5, 0.6) is 0 Å². The summed E-state index contributed by atoms with van der Waals surface area (Å²) >= 11 is 0. The molecule has 0 aromatic heterocycles. The number of benzene rings is 2. The maximum atomic E-state index is 11.3. The van der Waals surface area contributed by atoms with E-state index in [2.05, 4.69) is 5.32 Å². The van der Waals surface area contributed by atoms with Crippen molar-refractivity contribution < 1.29 is 19.5 Å². The zero-order chi connectivity index (χ0) is 18.7. The number of aliphatic hydroxyl groups excluding tert-OH is 1. The van der Waals surface area contributed by atoms with E-state index in [9.17, 15) is 15.2 Å². The quantitative estimate of drug-likeness (QED) is 0.576. The predicted molar refractivity (Wildman–Crippen MR) is 96.6 cm³/mol. The third-order valence-electron chi connectivity index (χ3n) is 4.27. The van der Waals surface area contributed by atoms with Gasteiger partial charge in [-0.1, -0.05) is 30.3 Å². The standard InChI is InChI=1S/C19H22N2O5/c1-19(2,10-11-22)20-15-12-14(8-9-16(15)21(23)24)18-25-17(26-18)13-6-4-3-5-7-13/h3-9,12,17-18,20,22H,10-11H2,1-2H3. The number of hydrogen-bond donors (Lipinski definition) is 2. The van der Waals surface area contributed by atoms with Crippen molar-refractivity contribution in [2.45, 2.75) is 38.4 Å². The number of aliphatic hydroxyl groups is 1. The highest BCUT2D eigenvalue weighted by molar-refractivity contribution is 5.64. The van der Waals surface area contributed by atoms with Gasteiger partial charge < -0.3 is 19.9 Å². The molecule has 26 heavy (non-hydrogen) atoms. The van der Waals surface area contributed by atoms with Crippen LogP contribution in [0.2, 0.25) is 0 Å². The number of nitro benzene ring substituents is 1. The van der Waals surface area contributed by atoms with Gasteiger partial charge >= 0.3 is 0 Å². The Kier molecular flexibility index (Phi) is 5.22. The summed E-state index contributed by atoms with van der Waals surface area (Å²) in [4.78, 5) is 10.9. The second-order valence-corrected chi connectivity index (χ2v) is 6.86. The molecule has 0 bridgehead atoms. The molecule has 7 nitrogen and oxygen atoms in total. The summed E-state index contributed by atoms with van der Waals surface area (Å²) in [6.45, 7) is 3.74. The van der Waals surface area contributed by atoms with Crippen molar-refractivity contribution in [2.75, 3.05) is 11.9 Å². The molecule has 3 rings (SSSR count). The van der Waals surface area contributed by atoms with Crippen LogP contribution < -0.4 is 5.32 Å². The van der Waals surface area contributed by atoms with Gasteiger partial charge in [-0.3, -0.25) is 10.1 Å². The van der Waals surface area contributed by atoms with E-state index in [0.29, 0.717) is 17.7 Å². The highest BCUT2D eigenvalue weighted by Crippen LogP contribution is 2.43. The van der Waals surface area contributed by atoms with Gasteiger partial charge in [0, 0.05) is 29.3 Å². The Labute approximate surface area is 151 Å². The Balaban J connectivity index is 1.77. The van der Waals surface area contributed by atoms with Gasteiger partial charge in [-0.25, -0.2) is 0 Å². The maximum absolute atomic E-state index is 11.3. The van der Waals surface area contributed by atoms with Gasteiger partial charge in [-0.05, 0) is 32.4 Å². The number of ether oxygens (including phenoxy) is 2. The number of nitro groups is 1. The molecule has 0 aliphatic carbocycles. The second-order valence-electron chi connectivity index (χ2n) is 6.86.